The van der Waals surface area contributed by atoms with Gasteiger partial charge in [0.15, 0.2) is 0 Å². The molecule has 1 rings (SSSR count). The van der Waals surface area contributed by atoms with Crippen molar-refractivity contribution in [3.63, 3.8) is 0 Å². The molecular weight excluding hydrogens is 206 g/mol. The third-order valence-corrected chi connectivity index (χ3v) is 2.68. The third-order valence-electron chi connectivity index (χ3n) is 2.68. The predicted octanol–water partition coefficient (Wildman–Crippen LogP) is -0.564. The van der Waals surface area contributed by atoms with Gasteiger partial charge in [-0.3, -0.25) is 9.59 Å². The topological polar surface area (TPSA) is 66.6 Å². The van der Waals surface area contributed by atoms with E-state index in [1.807, 2.05) is 12.2 Å². The van der Waals surface area contributed by atoms with E-state index >= 15 is 0 Å². The van der Waals surface area contributed by atoms with Crippen molar-refractivity contribution < 1.29 is 9.59 Å². The van der Waals surface area contributed by atoms with Crippen LogP contribution in [0.15, 0.2) is 12.2 Å². The second-order valence-electron chi connectivity index (χ2n) is 4.37. The zero-order valence-corrected chi connectivity index (χ0v) is 10.0. The number of amides is 2. The molecule has 5 heteroatoms. The lowest BCUT2D eigenvalue weighted by Crippen LogP contribution is -2.40. The van der Waals surface area contributed by atoms with Gasteiger partial charge in [-0.25, -0.2) is 0 Å². The van der Waals surface area contributed by atoms with Crippen molar-refractivity contribution in [2.24, 2.45) is 11.7 Å². The summed E-state index contributed by atoms with van der Waals surface area (Å²) in [6.45, 7) is 0.116. The fourth-order valence-corrected chi connectivity index (χ4v) is 1.62. The van der Waals surface area contributed by atoms with Gasteiger partial charge in [-0.15, -0.1) is 0 Å². The van der Waals surface area contributed by atoms with Gasteiger partial charge in [0.1, 0.15) is 0 Å². The minimum Gasteiger partial charge on any atom is -0.347 e. The Morgan fingerprint density at radius 3 is 2.38 bits per heavy atom. The van der Waals surface area contributed by atoms with E-state index < -0.39 is 0 Å². The average Bonchev–Trinajstić information content (AvgIpc) is 2.63. The number of nitrogens with two attached hydrogens (primary N) is 1. The Balaban J connectivity index is 2.48. The van der Waals surface area contributed by atoms with E-state index in [0.29, 0.717) is 6.42 Å². The Bertz CT molecular complexity index is 312. The maximum absolute atomic E-state index is 11.9. The number of hydrogen-bond acceptors (Lipinski definition) is 3. The molecule has 0 aliphatic heterocycles. The first kappa shape index (κ1) is 12.7. The third kappa shape index (κ3) is 3.06. The molecule has 2 amide bonds. The Morgan fingerprint density at radius 1 is 1.31 bits per heavy atom. The van der Waals surface area contributed by atoms with Gasteiger partial charge in [0.25, 0.3) is 0 Å². The molecule has 5 nitrogen and oxygen atoms in total. The van der Waals surface area contributed by atoms with Crippen molar-refractivity contribution in [2.45, 2.75) is 12.5 Å². The van der Waals surface area contributed by atoms with Crippen molar-refractivity contribution in [1.82, 2.24) is 9.80 Å². The van der Waals surface area contributed by atoms with E-state index in [1.54, 1.807) is 21.1 Å². The summed E-state index contributed by atoms with van der Waals surface area (Å²) in [5, 5.41) is 0. The lowest BCUT2D eigenvalue weighted by Gasteiger charge is -2.21. The average molecular weight is 225 g/mol. The van der Waals surface area contributed by atoms with Crippen molar-refractivity contribution >= 4 is 11.8 Å². The normalized spacial score (nSPS) is 23.2. The van der Waals surface area contributed by atoms with E-state index in [4.69, 9.17) is 5.73 Å². The first-order valence-corrected chi connectivity index (χ1v) is 5.31. The second-order valence-corrected chi connectivity index (χ2v) is 4.37. The number of hydrogen-bond donors (Lipinski definition) is 1. The van der Waals surface area contributed by atoms with Crippen LogP contribution in [-0.2, 0) is 9.59 Å². The standard InChI is InChI=1S/C11H19N3O2/c1-13(2)10(15)7-14(3)11(16)8-4-5-9(12)6-8/h4-5,8-9H,6-7,12H2,1-3H3. The minimum atomic E-state index is -0.171. The van der Waals surface area contributed by atoms with E-state index in [9.17, 15) is 9.59 Å². The summed E-state index contributed by atoms with van der Waals surface area (Å²) in [7, 11) is 4.99. The zero-order valence-electron chi connectivity index (χ0n) is 10.0. The molecule has 0 heterocycles. The molecule has 0 radical (unpaired) electrons. The van der Waals surface area contributed by atoms with Crippen molar-refractivity contribution in [3.05, 3.63) is 12.2 Å². The molecule has 0 spiro atoms. The summed E-state index contributed by atoms with van der Waals surface area (Å²) in [6, 6.07) is -0.0353. The number of nitrogens with zero attached hydrogens (tertiary/aromatic N) is 2. The molecule has 0 aromatic rings. The first-order valence-electron chi connectivity index (χ1n) is 5.31. The predicted molar refractivity (Wildman–Crippen MR) is 61.6 cm³/mol. The molecule has 90 valence electrons. The highest BCUT2D eigenvalue weighted by Gasteiger charge is 2.26. The fourth-order valence-electron chi connectivity index (χ4n) is 1.62. The maximum Gasteiger partial charge on any atom is 0.241 e. The first-order chi connectivity index (χ1) is 7.41. The summed E-state index contributed by atoms with van der Waals surface area (Å²) in [6.07, 6.45) is 4.30. The largest absolute Gasteiger partial charge is 0.347 e. The van der Waals surface area contributed by atoms with Gasteiger partial charge in [0.05, 0.1) is 12.5 Å². The van der Waals surface area contributed by atoms with E-state index in [-0.39, 0.29) is 30.3 Å². The van der Waals surface area contributed by atoms with Crippen LogP contribution in [0.2, 0.25) is 0 Å². The molecule has 1 aliphatic rings. The molecule has 0 bridgehead atoms. The Labute approximate surface area is 95.9 Å². The van der Waals surface area contributed by atoms with Crippen LogP contribution in [0.1, 0.15) is 6.42 Å². The number of carbonyl (C=O) groups excluding carboxylic acids is 2. The Morgan fingerprint density at radius 2 is 1.94 bits per heavy atom. The molecule has 1 aliphatic carbocycles. The molecule has 0 fully saturated rings. The van der Waals surface area contributed by atoms with Crippen LogP contribution in [0.3, 0.4) is 0 Å². The monoisotopic (exact) mass is 225 g/mol. The van der Waals surface area contributed by atoms with Gasteiger partial charge >= 0.3 is 0 Å². The van der Waals surface area contributed by atoms with Gasteiger partial charge in [0.2, 0.25) is 11.8 Å². The summed E-state index contributed by atoms with van der Waals surface area (Å²) in [5.74, 6) is -0.295. The lowest BCUT2D eigenvalue weighted by atomic mass is 10.1. The van der Waals surface area contributed by atoms with Crippen LogP contribution >= 0.6 is 0 Å². The van der Waals surface area contributed by atoms with Crippen LogP contribution < -0.4 is 5.73 Å². The summed E-state index contributed by atoms with van der Waals surface area (Å²) in [4.78, 5) is 26.2. The SMILES string of the molecule is CN(C)C(=O)CN(C)C(=O)C1C=CC(N)C1. The number of carbonyl (C=O) groups is 2. The minimum absolute atomic E-state index is 0.0353. The van der Waals surface area contributed by atoms with Gasteiger partial charge in [-0.1, -0.05) is 12.2 Å². The molecule has 0 saturated heterocycles. The molecule has 2 unspecified atom stereocenters. The number of likely N-dealkylation sites (N-methyl/N-ethyl adjacent to an activating group) is 2. The van der Waals surface area contributed by atoms with Crippen LogP contribution in [-0.4, -0.2) is 55.3 Å². The molecule has 0 saturated carbocycles. The summed E-state index contributed by atoms with van der Waals surface area (Å²) < 4.78 is 0. The second kappa shape index (κ2) is 5.12. The van der Waals surface area contributed by atoms with E-state index in [2.05, 4.69) is 0 Å². The van der Waals surface area contributed by atoms with E-state index in [1.165, 1.54) is 9.80 Å². The Hall–Kier alpha value is -1.36. The fraction of sp³-hybridized carbons (Fsp3) is 0.636. The van der Waals surface area contributed by atoms with Crippen molar-refractivity contribution in [3.8, 4) is 0 Å². The highest BCUT2D eigenvalue weighted by Crippen LogP contribution is 2.18. The van der Waals surface area contributed by atoms with Crippen molar-refractivity contribution in [2.75, 3.05) is 27.7 Å². The van der Waals surface area contributed by atoms with Gasteiger partial charge < -0.3 is 15.5 Å². The van der Waals surface area contributed by atoms with Crippen LogP contribution in [0.4, 0.5) is 0 Å². The van der Waals surface area contributed by atoms with Crippen LogP contribution in [0.5, 0.6) is 0 Å². The quantitative estimate of drug-likeness (QED) is 0.654. The van der Waals surface area contributed by atoms with Crippen molar-refractivity contribution in [1.29, 1.82) is 0 Å². The molecule has 2 atom stereocenters. The highest BCUT2D eigenvalue weighted by atomic mass is 16.2. The van der Waals surface area contributed by atoms with E-state index in [0.717, 1.165) is 0 Å². The molecule has 16 heavy (non-hydrogen) atoms. The summed E-state index contributed by atoms with van der Waals surface area (Å²) in [5.41, 5.74) is 5.68. The maximum atomic E-state index is 11.9. The molecule has 0 aromatic heterocycles. The Kier molecular flexibility index (Phi) is 4.06. The number of rotatable bonds is 3. The van der Waals surface area contributed by atoms with Gasteiger partial charge in [0, 0.05) is 27.2 Å². The molecular formula is C11H19N3O2. The highest BCUT2D eigenvalue weighted by molar-refractivity contribution is 5.86. The molecule has 0 aromatic carbocycles. The van der Waals surface area contributed by atoms with Crippen LogP contribution in [0, 0.1) is 5.92 Å². The van der Waals surface area contributed by atoms with Gasteiger partial charge in [-0.05, 0) is 6.42 Å². The van der Waals surface area contributed by atoms with Crippen LogP contribution in [0.25, 0.3) is 0 Å². The lowest BCUT2D eigenvalue weighted by molar-refractivity contribution is -0.139. The smallest absolute Gasteiger partial charge is 0.241 e. The molecule has 2 N–H and O–H groups in total. The summed E-state index contributed by atoms with van der Waals surface area (Å²) >= 11 is 0. The zero-order chi connectivity index (χ0) is 12.3. The van der Waals surface area contributed by atoms with Gasteiger partial charge in [-0.2, -0.15) is 0 Å².